The van der Waals surface area contributed by atoms with Crippen LogP contribution in [-0.2, 0) is 22.7 Å². The number of aromatic nitrogens is 3. The molecule has 1 aromatic carbocycles. The zero-order chi connectivity index (χ0) is 17.5. The van der Waals surface area contributed by atoms with Crippen LogP contribution in [0.5, 0.6) is 0 Å². The van der Waals surface area contributed by atoms with Gasteiger partial charge in [0, 0.05) is 13.5 Å². The Hall–Kier alpha value is -2.70. The van der Waals surface area contributed by atoms with E-state index < -0.39 is 6.04 Å². The van der Waals surface area contributed by atoms with E-state index in [9.17, 15) is 9.59 Å². The molecule has 0 aliphatic rings. The fourth-order valence-electron chi connectivity index (χ4n) is 2.42. The van der Waals surface area contributed by atoms with E-state index in [1.54, 1.807) is 11.0 Å². The smallest absolute Gasteiger partial charge is 0.243 e. The topological polar surface area (TPSA) is 88.9 Å². The Morgan fingerprint density at radius 1 is 1.21 bits per heavy atom. The van der Waals surface area contributed by atoms with Crippen LogP contribution < -0.4 is 10.6 Å². The van der Waals surface area contributed by atoms with Gasteiger partial charge >= 0.3 is 0 Å². The van der Waals surface area contributed by atoms with Gasteiger partial charge in [-0.25, -0.2) is 9.67 Å². The average molecular weight is 329 g/mol. The number of nitrogens with one attached hydrogen (secondary N) is 2. The zero-order valence-electron chi connectivity index (χ0n) is 14.2. The Balaban J connectivity index is 2.03. The Labute approximate surface area is 141 Å². The Bertz CT molecular complexity index is 682. The summed E-state index contributed by atoms with van der Waals surface area (Å²) < 4.78 is 1.73. The van der Waals surface area contributed by atoms with Crippen molar-refractivity contribution in [3.05, 3.63) is 48.0 Å². The largest absolute Gasteiger partial charge is 0.350 e. The third-order valence-electron chi connectivity index (χ3n) is 3.68. The van der Waals surface area contributed by atoms with Gasteiger partial charge in [-0.3, -0.25) is 9.59 Å². The third-order valence-corrected chi connectivity index (χ3v) is 3.68. The molecule has 0 saturated carbocycles. The highest BCUT2D eigenvalue weighted by Gasteiger charge is 2.22. The maximum atomic E-state index is 12.4. The summed E-state index contributed by atoms with van der Waals surface area (Å²) in [6, 6.07) is 7.31. The van der Waals surface area contributed by atoms with Crippen molar-refractivity contribution in [2.24, 2.45) is 5.92 Å². The first-order chi connectivity index (χ1) is 11.5. The number of carbonyl (C=O) groups excluding carboxylic acids is 2. The second-order valence-electron chi connectivity index (χ2n) is 6.00. The molecule has 0 radical (unpaired) electrons. The first kappa shape index (κ1) is 17.7. The normalized spacial score (nSPS) is 12.0. The summed E-state index contributed by atoms with van der Waals surface area (Å²) in [6.45, 7) is 6.20. The summed E-state index contributed by atoms with van der Waals surface area (Å²) in [5.41, 5.74) is 2.07. The predicted octanol–water partition coefficient (Wildman–Crippen LogP) is 1.10. The van der Waals surface area contributed by atoms with Crippen molar-refractivity contribution in [3.8, 4) is 0 Å². The Morgan fingerprint density at radius 2 is 1.92 bits per heavy atom. The molecule has 7 nitrogen and oxygen atoms in total. The zero-order valence-corrected chi connectivity index (χ0v) is 14.2. The monoisotopic (exact) mass is 329 g/mol. The lowest BCUT2D eigenvalue weighted by molar-refractivity contribution is -0.129. The number of benzene rings is 1. The molecule has 1 aromatic heterocycles. The van der Waals surface area contributed by atoms with E-state index in [0.717, 1.165) is 11.1 Å². The molecule has 2 amide bonds. The van der Waals surface area contributed by atoms with Gasteiger partial charge in [0.1, 0.15) is 18.7 Å². The standard InChI is InChI=1S/C17H23N5O2/c1-12(2)16(21-13(3)23)17(24)19-8-14-6-4-5-7-15(14)9-22-11-18-10-20-22/h4-7,10-12,16H,8-9H2,1-3H3,(H,19,24)(H,21,23)/t16-/m1/s1. The number of hydrogen-bond donors (Lipinski definition) is 2. The minimum Gasteiger partial charge on any atom is -0.350 e. The minimum absolute atomic E-state index is 0.0132. The van der Waals surface area contributed by atoms with Crippen LogP contribution >= 0.6 is 0 Å². The molecule has 0 aliphatic carbocycles. The Morgan fingerprint density at radius 3 is 2.50 bits per heavy atom. The van der Waals surface area contributed by atoms with Gasteiger partial charge in [-0.2, -0.15) is 5.10 Å². The number of carbonyl (C=O) groups is 2. The van der Waals surface area contributed by atoms with Gasteiger partial charge in [0.05, 0.1) is 6.54 Å². The van der Waals surface area contributed by atoms with Crippen LogP contribution in [0.4, 0.5) is 0 Å². The summed E-state index contributed by atoms with van der Waals surface area (Å²) in [5, 5.41) is 9.70. The molecule has 0 bridgehead atoms. The molecular formula is C17H23N5O2. The van der Waals surface area contributed by atoms with Crippen molar-refractivity contribution in [1.82, 2.24) is 25.4 Å². The summed E-state index contributed by atoms with van der Waals surface area (Å²) in [6.07, 6.45) is 3.14. The van der Waals surface area contributed by atoms with E-state index in [-0.39, 0.29) is 17.7 Å². The van der Waals surface area contributed by atoms with Crippen LogP contribution in [0.25, 0.3) is 0 Å². The summed E-state index contributed by atoms with van der Waals surface area (Å²) >= 11 is 0. The van der Waals surface area contributed by atoms with E-state index in [2.05, 4.69) is 20.7 Å². The maximum absolute atomic E-state index is 12.4. The van der Waals surface area contributed by atoms with Crippen LogP contribution in [0.15, 0.2) is 36.9 Å². The van der Waals surface area contributed by atoms with Gasteiger partial charge in [-0.05, 0) is 17.0 Å². The third kappa shape index (κ3) is 4.91. The maximum Gasteiger partial charge on any atom is 0.243 e. The summed E-state index contributed by atoms with van der Waals surface area (Å²) in [5.74, 6) is -0.384. The van der Waals surface area contributed by atoms with Crippen LogP contribution in [0.2, 0.25) is 0 Å². The molecule has 128 valence electrons. The average Bonchev–Trinajstić information content (AvgIpc) is 3.04. The fourth-order valence-corrected chi connectivity index (χ4v) is 2.42. The highest BCUT2D eigenvalue weighted by Crippen LogP contribution is 2.10. The quantitative estimate of drug-likeness (QED) is 0.796. The molecule has 1 heterocycles. The molecule has 2 rings (SSSR count). The van der Waals surface area contributed by atoms with E-state index >= 15 is 0 Å². The number of rotatable bonds is 7. The molecule has 2 aromatic rings. The second kappa shape index (κ2) is 8.24. The van der Waals surface area contributed by atoms with Crippen LogP contribution in [0, 0.1) is 5.92 Å². The van der Waals surface area contributed by atoms with Crippen molar-refractivity contribution in [2.45, 2.75) is 39.9 Å². The van der Waals surface area contributed by atoms with Gasteiger partial charge < -0.3 is 10.6 Å². The number of hydrogen-bond acceptors (Lipinski definition) is 4. The first-order valence-corrected chi connectivity index (χ1v) is 7.91. The molecule has 2 N–H and O–H groups in total. The highest BCUT2D eigenvalue weighted by molar-refractivity contribution is 5.87. The minimum atomic E-state index is -0.537. The lowest BCUT2D eigenvalue weighted by atomic mass is 10.0. The predicted molar refractivity (Wildman–Crippen MR) is 89.9 cm³/mol. The lowest BCUT2D eigenvalue weighted by Crippen LogP contribution is -2.48. The van der Waals surface area contributed by atoms with Gasteiger partial charge in [-0.1, -0.05) is 38.1 Å². The lowest BCUT2D eigenvalue weighted by Gasteiger charge is -2.21. The van der Waals surface area contributed by atoms with Crippen LogP contribution in [0.3, 0.4) is 0 Å². The molecule has 24 heavy (non-hydrogen) atoms. The van der Waals surface area contributed by atoms with Crippen molar-refractivity contribution in [1.29, 1.82) is 0 Å². The van der Waals surface area contributed by atoms with E-state index in [1.807, 2.05) is 38.1 Å². The molecule has 0 aliphatic heterocycles. The summed E-state index contributed by atoms with van der Waals surface area (Å²) in [4.78, 5) is 27.6. The number of amides is 2. The molecule has 7 heteroatoms. The molecule has 0 unspecified atom stereocenters. The fraction of sp³-hybridized carbons (Fsp3) is 0.412. The van der Waals surface area contributed by atoms with Crippen molar-refractivity contribution in [3.63, 3.8) is 0 Å². The van der Waals surface area contributed by atoms with Gasteiger partial charge in [0.25, 0.3) is 0 Å². The van der Waals surface area contributed by atoms with Gasteiger partial charge in [-0.15, -0.1) is 0 Å². The highest BCUT2D eigenvalue weighted by atomic mass is 16.2. The van der Waals surface area contributed by atoms with Crippen LogP contribution in [-0.4, -0.2) is 32.6 Å². The second-order valence-corrected chi connectivity index (χ2v) is 6.00. The van der Waals surface area contributed by atoms with Crippen molar-refractivity contribution >= 4 is 11.8 Å². The number of nitrogens with zero attached hydrogens (tertiary/aromatic N) is 3. The van der Waals surface area contributed by atoms with Crippen molar-refractivity contribution in [2.75, 3.05) is 0 Å². The van der Waals surface area contributed by atoms with E-state index in [1.165, 1.54) is 13.3 Å². The first-order valence-electron chi connectivity index (χ1n) is 7.91. The van der Waals surface area contributed by atoms with Gasteiger partial charge in [0.2, 0.25) is 11.8 Å². The van der Waals surface area contributed by atoms with Crippen LogP contribution in [0.1, 0.15) is 31.9 Å². The molecule has 0 fully saturated rings. The molecule has 0 spiro atoms. The Kier molecular flexibility index (Phi) is 6.06. The molecule has 1 atom stereocenters. The molecule has 0 saturated heterocycles. The summed E-state index contributed by atoms with van der Waals surface area (Å²) in [7, 11) is 0. The van der Waals surface area contributed by atoms with E-state index in [4.69, 9.17) is 0 Å². The van der Waals surface area contributed by atoms with Gasteiger partial charge in [0.15, 0.2) is 0 Å². The SMILES string of the molecule is CC(=O)N[C@@H](C(=O)NCc1ccccc1Cn1cncn1)C(C)C. The van der Waals surface area contributed by atoms with E-state index in [0.29, 0.717) is 13.1 Å². The molecular weight excluding hydrogens is 306 g/mol. The van der Waals surface area contributed by atoms with Crippen molar-refractivity contribution < 1.29 is 9.59 Å².